The predicted molar refractivity (Wildman–Crippen MR) is 78.5 cm³/mol. The van der Waals surface area contributed by atoms with Crippen LogP contribution in [0.2, 0.25) is 0 Å². The fraction of sp³-hybridized carbons (Fsp3) is 0.0714. The van der Waals surface area contributed by atoms with Crippen molar-refractivity contribution in [3.05, 3.63) is 56.5 Å². The van der Waals surface area contributed by atoms with Crippen molar-refractivity contribution in [2.24, 2.45) is 0 Å². The van der Waals surface area contributed by atoms with Gasteiger partial charge in [-0.05, 0) is 74.7 Å². The number of aldehydes is 1. The van der Waals surface area contributed by atoms with E-state index in [1.807, 2.05) is 25.1 Å². The molecule has 0 saturated heterocycles. The number of hydrogen-bond donors (Lipinski definition) is 0. The third-order valence-corrected chi connectivity index (χ3v) is 3.64. The fourth-order valence-electron chi connectivity index (χ4n) is 1.48. The van der Waals surface area contributed by atoms with E-state index in [9.17, 15) is 4.79 Å². The van der Waals surface area contributed by atoms with Gasteiger partial charge in [0.2, 0.25) is 0 Å². The fourth-order valence-corrected chi connectivity index (χ4v) is 2.53. The van der Waals surface area contributed by atoms with Crippen molar-refractivity contribution in [2.75, 3.05) is 0 Å². The maximum atomic E-state index is 10.7. The highest BCUT2D eigenvalue weighted by molar-refractivity contribution is 9.11. The van der Waals surface area contributed by atoms with Crippen molar-refractivity contribution >= 4 is 38.1 Å². The van der Waals surface area contributed by atoms with Crippen molar-refractivity contribution in [2.45, 2.75) is 6.92 Å². The van der Waals surface area contributed by atoms with E-state index >= 15 is 0 Å². The molecular weight excluding hydrogens is 360 g/mol. The van der Waals surface area contributed by atoms with E-state index in [2.05, 4.69) is 31.9 Å². The lowest BCUT2D eigenvalue weighted by atomic mass is 10.2. The SMILES string of the molecule is Cc1ccc(Oc2ccc(C=O)cc2Br)c(Br)c1. The van der Waals surface area contributed by atoms with E-state index < -0.39 is 0 Å². The highest BCUT2D eigenvalue weighted by Gasteiger charge is 2.07. The van der Waals surface area contributed by atoms with Crippen LogP contribution >= 0.6 is 31.9 Å². The van der Waals surface area contributed by atoms with Crippen LogP contribution in [-0.2, 0) is 0 Å². The van der Waals surface area contributed by atoms with Gasteiger partial charge in [-0.25, -0.2) is 0 Å². The molecule has 0 aliphatic carbocycles. The summed E-state index contributed by atoms with van der Waals surface area (Å²) in [6.07, 6.45) is 0.802. The van der Waals surface area contributed by atoms with Crippen LogP contribution in [0, 0.1) is 6.92 Å². The Kier molecular flexibility index (Phi) is 4.19. The topological polar surface area (TPSA) is 26.3 Å². The van der Waals surface area contributed by atoms with Crippen LogP contribution in [-0.4, -0.2) is 6.29 Å². The Morgan fingerprint density at radius 3 is 2.17 bits per heavy atom. The molecule has 2 aromatic carbocycles. The number of rotatable bonds is 3. The molecule has 4 heteroatoms. The van der Waals surface area contributed by atoms with Gasteiger partial charge in [-0.1, -0.05) is 6.07 Å². The monoisotopic (exact) mass is 368 g/mol. The molecule has 0 unspecified atom stereocenters. The summed E-state index contributed by atoms with van der Waals surface area (Å²) in [5.41, 5.74) is 1.77. The zero-order chi connectivity index (χ0) is 13.1. The number of halogens is 2. The molecule has 2 aromatic rings. The first-order valence-corrected chi connectivity index (χ1v) is 6.87. The molecule has 0 saturated carbocycles. The minimum atomic E-state index is 0.609. The maximum absolute atomic E-state index is 10.7. The summed E-state index contributed by atoms with van der Waals surface area (Å²) in [5, 5.41) is 0. The Labute approximate surface area is 122 Å². The van der Waals surface area contributed by atoms with Crippen LogP contribution in [0.3, 0.4) is 0 Å². The van der Waals surface area contributed by atoms with Gasteiger partial charge in [0.05, 0.1) is 8.95 Å². The van der Waals surface area contributed by atoms with Crippen LogP contribution in [0.25, 0.3) is 0 Å². The summed E-state index contributed by atoms with van der Waals surface area (Å²) >= 11 is 6.85. The molecule has 0 atom stereocenters. The lowest BCUT2D eigenvalue weighted by molar-refractivity contribution is 0.112. The van der Waals surface area contributed by atoms with Gasteiger partial charge < -0.3 is 4.74 Å². The average Bonchev–Trinajstić information content (AvgIpc) is 2.34. The van der Waals surface area contributed by atoms with Gasteiger partial charge in [-0.2, -0.15) is 0 Å². The van der Waals surface area contributed by atoms with Gasteiger partial charge in [-0.15, -0.1) is 0 Å². The molecule has 18 heavy (non-hydrogen) atoms. The Morgan fingerprint density at radius 1 is 1.00 bits per heavy atom. The Bertz CT molecular complexity index is 594. The molecule has 0 radical (unpaired) electrons. The van der Waals surface area contributed by atoms with Crippen molar-refractivity contribution in [3.8, 4) is 11.5 Å². The number of ether oxygens (including phenoxy) is 1. The summed E-state index contributed by atoms with van der Waals surface area (Å²) < 4.78 is 7.43. The lowest BCUT2D eigenvalue weighted by Crippen LogP contribution is -1.89. The van der Waals surface area contributed by atoms with Crippen molar-refractivity contribution < 1.29 is 9.53 Å². The Morgan fingerprint density at radius 2 is 1.61 bits per heavy atom. The van der Waals surface area contributed by atoms with E-state index in [1.54, 1.807) is 18.2 Å². The van der Waals surface area contributed by atoms with Gasteiger partial charge in [0, 0.05) is 5.56 Å². The van der Waals surface area contributed by atoms with Crippen LogP contribution in [0.4, 0.5) is 0 Å². The van der Waals surface area contributed by atoms with Gasteiger partial charge in [0.25, 0.3) is 0 Å². The Balaban J connectivity index is 2.31. The largest absolute Gasteiger partial charge is 0.455 e. The number of carbonyl (C=O) groups excluding carboxylic acids is 1. The molecule has 0 aliphatic heterocycles. The summed E-state index contributed by atoms with van der Waals surface area (Å²) in [7, 11) is 0. The summed E-state index contributed by atoms with van der Waals surface area (Å²) in [6, 6.07) is 11.1. The number of benzene rings is 2. The molecular formula is C14H10Br2O2. The summed E-state index contributed by atoms with van der Waals surface area (Å²) in [5.74, 6) is 1.41. The zero-order valence-electron chi connectivity index (χ0n) is 9.61. The van der Waals surface area contributed by atoms with Gasteiger partial charge in [0.15, 0.2) is 0 Å². The second kappa shape index (κ2) is 5.67. The van der Waals surface area contributed by atoms with Crippen molar-refractivity contribution in [3.63, 3.8) is 0 Å². The molecule has 0 spiro atoms. The van der Waals surface area contributed by atoms with E-state index in [4.69, 9.17) is 4.74 Å². The number of hydrogen-bond acceptors (Lipinski definition) is 2. The highest BCUT2D eigenvalue weighted by atomic mass is 79.9. The molecule has 0 heterocycles. The maximum Gasteiger partial charge on any atom is 0.150 e. The third kappa shape index (κ3) is 3.00. The molecule has 0 aliphatic rings. The minimum absolute atomic E-state index is 0.609. The first-order chi connectivity index (χ1) is 8.60. The standard InChI is InChI=1S/C14H10Br2O2/c1-9-2-4-13(11(15)6-9)18-14-5-3-10(8-17)7-12(14)16/h2-8H,1H3. The predicted octanol–water partition coefficient (Wildman–Crippen LogP) is 5.12. The molecule has 2 nitrogen and oxygen atoms in total. The quantitative estimate of drug-likeness (QED) is 0.701. The molecule has 0 aromatic heterocycles. The van der Waals surface area contributed by atoms with E-state index in [-0.39, 0.29) is 0 Å². The van der Waals surface area contributed by atoms with Crippen molar-refractivity contribution in [1.29, 1.82) is 0 Å². The average molecular weight is 370 g/mol. The smallest absolute Gasteiger partial charge is 0.150 e. The van der Waals surface area contributed by atoms with Crippen molar-refractivity contribution in [1.82, 2.24) is 0 Å². The molecule has 92 valence electrons. The van der Waals surface area contributed by atoms with E-state index in [0.717, 1.165) is 26.5 Å². The normalized spacial score (nSPS) is 10.2. The van der Waals surface area contributed by atoms with Crippen LogP contribution in [0.5, 0.6) is 11.5 Å². The first kappa shape index (κ1) is 13.3. The van der Waals surface area contributed by atoms with Crippen LogP contribution in [0.15, 0.2) is 45.3 Å². The van der Waals surface area contributed by atoms with E-state index in [0.29, 0.717) is 11.3 Å². The lowest BCUT2D eigenvalue weighted by Gasteiger charge is -2.10. The van der Waals surface area contributed by atoms with E-state index in [1.165, 1.54) is 0 Å². The zero-order valence-corrected chi connectivity index (χ0v) is 12.8. The van der Waals surface area contributed by atoms with Gasteiger partial charge in [-0.3, -0.25) is 4.79 Å². The number of carbonyl (C=O) groups is 1. The molecule has 0 N–H and O–H groups in total. The minimum Gasteiger partial charge on any atom is -0.455 e. The second-order valence-corrected chi connectivity index (χ2v) is 5.55. The second-order valence-electron chi connectivity index (χ2n) is 3.84. The Hall–Kier alpha value is -1.13. The summed E-state index contributed by atoms with van der Waals surface area (Å²) in [6.45, 7) is 2.02. The van der Waals surface area contributed by atoms with Crippen LogP contribution < -0.4 is 4.74 Å². The summed E-state index contributed by atoms with van der Waals surface area (Å²) in [4.78, 5) is 10.7. The van der Waals surface area contributed by atoms with Gasteiger partial charge in [0.1, 0.15) is 17.8 Å². The number of aryl methyl sites for hydroxylation is 1. The van der Waals surface area contributed by atoms with Gasteiger partial charge >= 0.3 is 0 Å². The third-order valence-electron chi connectivity index (χ3n) is 2.40. The molecule has 2 rings (SSSR count). The highest BCUT2D eigenvalue weighted by Crippen LogP contribution is 2.34. The molecule has 0 fully saturated rings. The molecule has 0 amide bonds. The molecule has 0 bridgehead atoms. The first-order valence-electron chi connectivity index (χ1n) is 5.29. The van der Waals surface area contributed by atoms with Crippen LogP contribution in [0.1, 0.15) is 15.9 Å².